The molecule has 0 aliphatic rings. The predicted molar refractivity (Wildman–Crippen MR) is 119 cm³/mol. The maximum atomic E-state index is 2.39. The lowest BCUT2D eigenvalue weighted by Gasteiger charge is -2.08. The lowest BCUT2D eigenvalue weighted by Crippen LogP contribution is -1.93. The van der Waals surface area contributed by atoms with E-state index in [1.165, 1.54) is 38.2 Å². The van der Waals surface area contributed by atoms with Gasteiger partial charge in [-0.2, -0.15) is 0 Å². The summed E-state index contributed by atoms with van der Waals surface area (Å²) in [6.07, 6.45) is 0. The molecule has 0 atom stereocenters. The molecular weight excluding hydrogens is 611 g/mol. The lowest BCUT2D eigenvalue weighted by molar-refractivity contribution is 1.18. The van der Waals surface area contributed by atoms with Crippen LogP contribution in [0.3, 0.4) is 0 Å². The first-order valence-electron chi connectivity index (χ1n) is 6.79. The summed E-state index contributed by atoms with van der Waals surface area (Å²) in [5.74, 6) is 0. The summed E-state index contributed by atoms with van der Waals surface area (Å²) in [5, 5.41) is 2.64. The van der Waals surface area contributed by atoms with Crippen molar-refractivity contribution in [3.63, 3.8) is 0 Å². The molecule has 22 heavy (non-hydrogen) atoms. The van der Waals surface area contributed by atoms with Gasteiger partial charge in [0.2, 0.25) is 0 Å². The third kappa shape index (κ3) is 2.56. The molecule has 108 valence electrons. The van der Waals surface area contributed by atoms with Gasteiger partial charge in [-0.1, -0.05) is 0 Å². The molecule has 4 rings (SSSR count). The summed E-state index contributed by atoms with van der Waals surface area (Å²) in [6, 6.07) is 22.1. The average molecular weight is 621 g/mol. The molecule has 0 bridgehead atoms. The maximum Gasteiger partial charge on any atom is 0.0541 e. The number of hydrogen-bond donors (Lipinski definition) is 0. The highest BCUT2D eigenvalue weighted by molar-refractivity contribution is 14.1. The molecule has 4 aromatic rings. The average Bonchev–Trinajstić information content (AvgIpc) is 2.81. The van der Waals surface area contributed by atoms with Crippen molar-refractivity contribution in [2.45, 2.75) is 0 Å². The molecule has 4 heteroatoms. The van der Waals surface area contributed by atoms with Gasteiger partial charge in [-0.25, -0.2) is 0 Å². The Balaban J connectivity index is 2.17. The van der Waals surface area contributed by atoms with E-state index in [0.717, 1.165) is 0 Å². The molecule has 1 aromatic heterocycles. The van der Waals surface area contributed by atoms with Crippen LogP contribution in [0.25, 0.3) is 27.5 Å². The number of nitrogens with zero attached hydrogens (tertiary/aromatic N) is 1. The summed E-state index contributed by atoms with van der Waals surface area (Å²) in [6.45, 7) is 0. The second-order valence-corrected chi connectivity index (χ2v) is 8.87. The van der Waals surface area contributed by atoms with Crippen molar-refractivity contribution in [1.29, 1.82) is 0 Å². The van der Waals surface area contributed by atoms with E-state index in [2.05, 4.69) is 133 Å². The predicted octanol–water partition coefficient (Wildman–Crippen LogP) is 6.60. The van der Waals surface area contributed by atoms with E-state index < -0.39 is 0 Å². The number of halogens is 3. The second-order valence-electron chi connectivity index (χ2n) is 5.13. The standard InChI is InChI=1S/C18H10I3N/c19-11-1-5-14(6-2-11)22-17-7-3-12(20)9-15(17)16-10-13(21)4-8-18(16)22/h1-10H. The fraction of sp³-hybridized carbons (Fsp3) is 0. The summed E-state index contributed by atoms with van der Waals surface area (Å²) >= 11 is 7.12. The van der Waals surface area contributed by atoms with E-state index in [-0.39, 0.29) is 0 Å². The van der Waals surface area contributed by atoms with Crippen LogP contribution in [0.4, 0.5) is 0 Å². The van der Waals surface area contributed by atoms with Gasteiger partial charge in [0, 0.05) is 27.2 Å². The Labute approximate surface area is 169 Å². The summed E-state index contributed by atoms with van der Waals surface area (Å²) in [4.78, 5) is 0. The fourth-order valence-electron chi connectivity index (χ4n) is 2.84. The van der Waals surface area contributed by atoms with Crippen molar-refractivity contribution in [1.82, 2.24) is 4.57 Å². The lowest BCUT2D eigenvalue weighted by atomic mass is 10.2. The molecule has 0 amide bonds. The molecule has 3 aromatic carbocycles. The maximum absolute atomic E-state index is 2.39. The third-order valence-corrected chi connectivity index (χ3v) is 5.84. The van der Waals surface area contributed by atoms with Gasteiger partial charge in [-0.3, -0.25) is 0 Å². The zero-order valence-electron chi connectivity index (χ0n) is 11.4. The van der Waals surface area contributed by atoms with Crippen molar-refractivity contribution in [3.8, 4) is 5.69 Å². The molecule has 0 spiro atoms. The second kappa shape index (κ2) is 5.94. The Morgan fingerprint density at radius 2 is 1.00 bits per heavy atom. The fourth-order valence-corrected chi connectivity index (χ4v) is 4.18. The minimum absolute atomic E-state index is 1.21. The van der Waals surface area contributed by atoms with Crippen molar-refractivity contribution < 1.29 is 0 Å². The first-order valence-corrected chi connectivity index (χ1v) is 10.0. The molecule has 0 saturated heterocycles. The molecule has 0 unspecified atom stereocenters. The summed E-state index contributed by atoms with van der Waals surface area (Å²) in [5.41, 5.74) is 3.74. The van der Waals surface area contributed by atoms with Crippen LogP contribution in [-0.2, 0) is 0 Å². The van der Waals surface area contributed by atoms with Crippen LogP contribution < -0.4 is 0 Å². The molecule has 0 fully saturated rings. The minimum atomic E-state index is 1.21. The molecule has 0 radical (unpaired) electrons. The molecule has 0 aliphatic heterocycles. The van der Waals surface area contributed by atoms with Crippen molar-refractivity contribution in [2.75, 3.05) is 0 Å². The number of aromatic nitrogens is 1. The van der Waals surface area contributed by atoms with E-state index in [1.807, 2.05) is 0 Å². The minimum Gasteiger partial charge on any atom is -0.309 e. The third-order valence-electron chi connectivity index (χ3n) is 3.77. The van der Waals surface area contributed by atoms with Crippen molar-refractivity contribution in [3.05, 3.63) is 71.4 Å². The van der Waals surface area contributed by atoms with Crippen LogP contribution in [0.5, 0.6) is 0 Å². The molecule has 0 aliphatic carbocycles. The number of rotatable bonds is 1. The normalized spacial score (nSPS) is 11.4. The first-order chi connectivity index (χ1) is 10.6. The number of benzene rings is 3. The van der Waals surface area contributed by atoms with Gasteiger partial charge >= 0.3 is 0 Å². The van der Waals surface area contributed by atoms with E-state index >= 15 is 0 Å². The zero-order chi connectivity index (χ0) is 15.3. The smallest absolute Gasteiger partial charge is 0.0541 e. The van der Waals surface area contributed by atoms with Crippen LogP contribution in [0.2, 0.25) is 0 Å². The topological polar surface area (TPSA) is 4.93 Å². The molecular formula is C18H10I3N. The quantitative estimate of drug-likeness (QED) is 0.212. The Kier molecular flexibility index (Phi) is 4.10. The van der Waals surface area contributed by atoms with E-state index in [4.69, 9.17) is 0 Å². The molecule has 0 saturated carbocycles. The Morgan fingerprint density at radius 3 is 1.50 bits per heavy atom. The van der Waals surface area contributed by atoms with Crippen LogP contribution in [0.15, 0.2) is 60.7 Å². The largest absolute Gasteiger partial charge is 0.309 e. The highest BCUT2D eigenvalue weighted by Gasteiger charge is 2.12. The highest BCUT2D eigenvalue weighted by Crippen LogP contribution is 2.33. The van der Waals surface area contributed by atoms with E-state index in [0.29, 0.717) is 0 Å². The van der Waals surface area contributed by atoms with Gasteiger partial charge in [-0.05, 0) is 128 Å². The van der Waals surface area contributed by atoms with Gasteiger partial charge < -0.3 is 4.57 Å². The summed E-state index contributed by atoms with van der Waals surface area (Å²) in [7, 11) is 0. The Morgan fingerprint density at radius 1 is 0.545 bits per heavy atom. The number of fused-ring (bicyclic) bond motifs is 3. The van der Waals surface area contributed by atoms with E-state index in [9.17, 15) is 0 Å². The van der Waals surface area contributed by atoms with Crippen molar-refractivity contribution >= 4 is 89.6 Å². The van der Waals surface area contributed by atoms with Gasteiger partial charge in [0.15, 0.2) is 0 Å². The Hall–Kier alpha value is -0.350. The van der Waals surface area contributed by atoms with E-state index in [1.54, 1.807) is 0 Å². The van der Waals surface area contributed by atoms with Gasteiger partial charge in [0.25, 0.3) is 0 Å². The SMILES string of the molecule is Ic1ccc(-n2c3ccc(I)cc3c3cc(I)ccc32)cc1. The molecule has 1 nitrogen and oxygen atoms in total. The van der Waals surface area contributed by atoms with Gasteiger partial charge in [0.05, 0.1) is 11.0 Å². The molecule has 1 heterocycles. The first kappa shape index (κ1) is 15.2. The summed E-state index contributed by atoms with van der Waals surface area (Å²) < 4.78 is 6.15. The van der Waals surface area contributed by atoms with Crippen LogP contribution in [-0.4, -0.2) is 4.57 Å². The monoisotopic (exact) mass is 621 g/mol. The Bertz CT molecular complexity index is 941. The van der Waals surface area contributed by atoms with Crippen LogP contribution in [0.1, 0.15) is 0 Å². The highest BCUT2D eigenvalue weighted by atomic mass is 127. The molecule has 0 N–H and O–H groups in total. The van der Waals surface area contributed by atoms with Crippen LogP contribution in [0, 0.1) is 10.7 Å². The van der Waals surface area contributed by atoms with Gasteiger partial charge in [-0.15, -0.1) is 0 Å². The van der Waals surface area contributed by atoms with Crippen LogP contribution >= 0.6 is 67.8 Å². The number of hydrogen-bond acceptors (Lipinski definition) is 0. The van der Waals surface area contributed by atoms with Gasteiger partial charge in [0.1, 0.15) is 0 Å². The zero-order valence-corrected chi connectivity index (χ0v) is 17.8. The van der Waals surface area contributed by atoms with Crippen molar-refractivity contribution in [2.24, 2.45) is 0 Å².